The molecule has 0 radical (unpaired) electrons. The van der Waals surface area contributed by atoms with E-state index in [0.29, 0.717) is 18.3 Å². The molecule has 0 amide bonds. The lowest BCUT2D eigenvalue weighted by molar-refractivity contribution is 0.367. The molecule has 0 spiro atoms. The van der Waals surface area contributed by atoms with E-state index >= 15 is 0 Å². The Morgan fingerprint density at radius 2 is 2.11 bits per heavy atom. The second-order valence-corrected chi connectivity index (χ2v) is 5.66. The lowest BCUT2D eigenvalue weighted by atomic mass is 10.0. The van der Waals surface area contributed by atoms with Crippen molar-refractivity contribution >= 4 is 0 Å². The molecule has 0 heterocycles. The summed E-state index contributed by atoms with van der Waals surface area (Å²) in [7, 11) is 1.58. The van der Waals surface area contributed by atoms with Gasteiger partial charge in [0.25, 0.3) is 0 Å². The summed E-state index contributed by atoms with van der Waals surface area (Å²) in [6.07, 6.45) is 6.45. The van der Waals surface area contributed by atoms with Crippen LogP contribution in [0.4, 0.5) is 0 Å². The van der Waals surface area contributed by atoms with Crippen LogP contribution in [-0.4, -0.2) is 18.3 Å². The SMILES string of the molecule is COc1cccc(CNC2CCCC(C)CC2)c1O. The summed E-state index contributed by atoms with van der Waals surface area (Å²) in [5.74, 6) is 1.67. The average Bonchev–Trinajstić information content (AvgIpc) is 2.62. The number of hydrogen-bond donors (Lipinski definition) is 2. The van der Waals surface area contributed by atoms with Crippen LogP contribution in [0.3, 0.4) is 0 Å². The number of hydrogen-bond acceptors (Lipinski definition) is 3. The molecule has 19 heavy (non-hydrogen) atoms. The van der Waals surface area contributed by atoms with Gasteiger partial charge in [-0.05, 0) is 31.2 Å². The molecule has 2 N–H and O–H groups in total. The molecule has 3 heteroatoms. The van der Waals surface area contributed by atoms with Gasteiger partial charge in [0.15, 0.2) is 11.5 Å². The maximum atomic E-state index is 10.1. The third-order valence-electron chi connectivity index (χ3n) is 4.14. The van der Waals surface area contributed by atoms with Crippen molar-refractivity contribution in [1.29, 1.82) is 0 Å². The minimum absolute atomic E-state index is 0.263. The molecule has 0 aromatic heterocycles. The quantitative estimate of drug-likeness (QED) is 0.817. The van der Waals surface area contributed by atoms with Gasteiger partial charge in [0.05, 0.1) is 7.11 Å². The second kappa shape index (κ2) is 6.80. The van der Waals surface area contributed by atoms with Crippen LogP contribution in [0, 0.1) is 5.92 Å². The first-order valence-electron chi connectivity index (χ1n) is 7.29. The highest BCUT2D eigenvalue weighted by Gasteiger charge is 2.16. The maximum Gasteiger partial charge on any atom is 0.162 e. The Bertz CT molecular complexity index is 406. The number of methoxy groups -OCH3 is 1. The van der Waals surface area contributed by atoms with Crippen molar-refractivity contribution in [2.24, 2.45) is 5.92 Å². The highest BCUT2D eigenvalue weighted by Crippen LogP contribution is 2.29. The molecule has 1 aromatic rings. The first-order chi connectivity index (χ1) is 9.20. The molecule has 1 aliphatic carbocycles. The Labute approximate surface area is 116 Å². The molecule has 1 aliphatic rings. The molecule has 106 valence electrons. The van der Waals surface area contributed by atoms with Crippen molar-refractivity contribution in [3.63, 3.8) is 0 Å². The zero-order valence-corrected chi connectivity index (χ0v) is 12.0. The predicted molar refractivity (Wildman–Crippen MR) is 77.5 cm³/mol. The standard InChI is InChI=1S/C16H25NO2/c1-12-5-3-7-14(10-9-12)17-11-13-6-4-8-15(19-2)16(13)18/h4,6,8,12,14,17-18H,3,5,7,9-11H2,1-2H3. The van der Waals surface area contributed by atoms with Crippen LogP contribution in [0.1, 0.15) is 44.6 Å². The van der Waals surface area contributed by atoms with E-state index in [1.807, 2.05) is 12.1 Å². The third-order valence-corrected chi connectivity index (χ3v) is 4.14. The Morgan fingerprint density at radius 1 is 1.26 bits per heavy atom. The Morgan fingerprint density at radius 3 is 2.89 bits per heavy atom. The van der Waals surface area contributed by atoms with E-state index in [2.05, 4.69) is 12.2 Å². The molecule has 3 nitrogen and oxygen atoms in total. The minimum Gasteiger partial charge on any atom is -0.504 e. The molecule has 0 aliphatic heterocycles. The number of ether oxygens (including phenoxy) is 1. The largest absolute Gasteiger partial charge is 0.504 e. The zero-order chi connectivity index (χ0) is 13.7. The number of rotatable bonds is 4. The molecule has 2 rings (SSSR count). The van der Waals surface area contributed by atoms with Gasteiger partial charge in [-0.1, -0.05) is 31.9 Å². The molecule has 1 aromatic carbocycles. The minimum atomic E-state index is 0.263. The van der Waals surface area contributed by atoms with E-state index < -0.39 is 0 Å². The highest BCUT2D eigenvalue weighted by atomic mass is 16.5. The van der Waals surface area contributed by atoms with E-state index in [1.54, 1.807) is 13.2 Å². The fourth-order valence-corrected chi connectivity index (χ4v) is 2.82. The summed E-state index contributed by atoms with van der Waals surface area (Å²) < 4.78 is 5.13. The van der Waals surface area contributed by atoms with Crippen LogP contribution in [-0.2, 0) is 6.54 Å². The smallest absolute Gasteiger partial charge is 0.162 e. The normalized spacial score (nSPS) is 23.9. The highest BCUT2D eigenvalue weighted by molar-refractivity contribution is 5.45. The summed E-state index contributed by atoms with van der Waals surface area (Å²) in [5.41, 5.74) is 0.914. The van der Waals surface area contributed by atoms with Crippen LogP contribution in [0.5, 0.6) is 11.5 Å². The summed E-state index contributed by atoms with van der Waals surface area (Å²) in [6, 6.07) is 6.23. The van der Waals surface area contributed by atoms with Crippen LogP contribution in [0.25, 0.3) is 0 Å². The molecule has 2 atom stereocenters. The van der Waals surface area contributed by atoms with E-state index in [4.69, 9.17) is 4.74 Å². The second-order valence-electron chi connectivity index (χ2n) is 5.66. The molecule has 2 unspecified atom stereocenters. The Hall–Kier alpha value is -1.22. The van der Waals surface area contributed by atoms with Gasteiger partial charge >= 0.3 is 0 Å². The third kappa shape index (κ3) is 3.87. The monoisotopic (exact) mass is 263 g/mol. The van der Waals surface area contributed by atoms with Gasteiger partial charge in [-0.15, -0.1) is 0 Å². The maximum absolute atomic E-state index is 10.1. The van der Waals surface area contributed by atoms with E-state index in [-0.39, 0.29) is 5.75 Å². The topological polar surface area (TPSA) is 41.5 Å². The van der Waals surface area contributed by atoms with Gasteiger partial charge in [-0.2, -0.15) is 0 Å². The van der Waals surface area contributed by atoms with E-state index in [0.717, 1.165) is 11.5 Å². The van der Waals surface area contributed by atoms with Gasteiger partial charge in [0.1, 0.15) is 0 Å². The van der Waals surface area contributed by atoms with Crippen molar-refractivity contribution in [3.05, 3.63) is 23.8 Å². The number of aromatic hydroxyl groups is 1. The Kier molecular flexibility index (Phi) is 5.08. The lowest BCUT2D eigenvalue weighted by Gasteiger charge is -2.17. The van der Waals surface area contributed by atoms with Crippen molar-refractivity contribution in [1.82, 2.24) is 5.32 Å². The number of para-hydroxylation sites is 1. The first kappa shape index (κ1) is 14.2. The van der Waals surface area contributed by atoms with Gasteiger partial charge in [-0.3, -0.25) is 0 Å². The molecule has 1 saturated carbocycles. The summed E-state index contributed by atoms with van der Waals surface area (Å²) in [5, 5.41) is 13.6. The first-order valence-corrected chi connectivity index (χ1v) is 7.29. The molecule has 0 saturated heterocycles. The van der Waals surface area contributed by atoms with Gasteiger partial charge in [0.2, 0.25) is 0 Å². The van der Waals surface area contributed by atoms with Crippen molar-refractivity contribution in [2.45, 2.75) is 51.6 Å². The van der Waals surface area contributed by atoms with Crippen LogP contribution < -0.4 is 10.1 Å². The Balaban J connectivity index is 1.91. The fourth-order valence-electron chi connectivity index (χ4n) is 2.82. The number of phenolic OH excluding ortho intramolecular Hbond substituents is 1. The van der Waals surface area contributed by atoms with E-state index in [9.17, 15) is 5.11 Å². The van der Waals surface area contributed by atoms with Crippen LogP contribution in [0.2, 0.25) is 0 Å². The average molecular weight is 263 g/mol. The van der Waals surface area contributed by atoms with Gasteiger partial charge in [0, 0.05) is 18.2 Å². The van der Waals surface area contributed by atoms with Crippen molar-refractivity contribution < 1.29 is 9.84 Å². The number of phenols is 1. The number of nitrogens with one attached hydrogen (secondary N) is 1. The van der Waals surface area contributed by atoms with Gasteiger partial charge < -0.3 is 15.2 Å². The molecular weight excluding hydrogens is 238 g/mol. The fraction of sp³-hybridized carbons (Fsp3) is 0.625. The zero-order valence-electron chi connectivity index (χ0n) is 12.0. The summed E-state index contributed by atoms with van der Waals surface area (Å²) >= 11 is 0. The predicted octanol–water partition coefficient (Wildman–Crippen LogP) is 3.46. The molecular formula is C16H25NO2. The van der Waals surface area contributed by atoms with Crippen molar-refractivity contribution in [2.75, 3.05) is 7.11 Å². The van der Waals surface area contributed by atoms with Crippen molar-refractivity contribution in [3.8, 4) is 11.5 Å². The molecule has 1 fully saturated rings. The van der Waals surface area contributed by atoms with Gasteiger partial charge in [-0.25, -0.2) is 0 Å². The van der Waals surface area contributed by atoms with Crippen LogP contribution in [0.15, 0.2) is 18.2 Å². The van der Waals surface area contributed by atoms with E-state index in [1.165, 1.54) is 32.1 Å². The number of benzene rings is 1. The lowest BCUT2D eigenvalue weighted by Crippen LogP contribution is -2.28. The molecule has 0 bridgehead atoms. The van der Waals surface area contributed by atoms with Crippen LogP contribution >= 0.6 is 0 Å². The summed E-state index contributed by atoms with van der Waals surface area (Å²) in [6.45, 7) is 3.05. The summed E-state index contributed by atoms with van der Waals surface area (Å²) in [4.78, 5) is 0.